The van der Waals surface area contributed by atoms with Crippen LogP contribution in [-0.2, 0) is 6.54 Å². The summed E-state index contributed by atoms with van der Waals surface area (Å²) < 4.78 is 2.74. The van der Waals surface area contributed by atoms with E-state index >= 15 is 0 Å². The molecule has 0 aliphatic carbocycles. The lowest BCUT2D eigenvalue weighted by Crippen LogP contribution is -2.32. The van der Waals surface area contributed by atoms with E-state index in [-0.39, 0.29) is 24.6 Å². The van der Waals surface area contributed by atoms with Crippen molar-refractivity contribution < 1.29 is 4.79 Å². The molecule has 3 aromatic heterocycles. The topological polar surface area (TPSA) is 108 Å². The number of rotatable bonds is 5. The average Bonchev–Trinajstić information content (AvgIpc) is 3.18. The molecule has 0 aliphatic rings. The van der Waals surface area contributed by atoms with E-state index in [0.29, 0.717) is 16.4 Å². The summed E-state index contributed by atoms with van der Waals surface area (Å²) in [5, 5.41) is 11.8. The second-order valence-corrected chi connectivity index (χ2v) is 6.20. The largest absolute Gasteiger partial charge is 0.349 e. The maximum absolute atomic E-state index is 12.1. The van der Waals surface area contributed by atoms with Crippen LogP contribution in [0.1, 0.15) is 20.4 Å². The Balaban J connectivity index is 1.66. The van der Waals surface area contributed by atoms with Gasteiger partial charge in [-0.15, -0.1) is 16.4 Å². The molecule has 0 atom stereocenters. The van der Waals surface area contributed by atoms with Crippen molar-refractivity contribution in [3.8, 4) is 5.82 Å². The Kier molecular flexibility index (Phi) is 4.47. The molecule has 10 heteroatoms. The van der Waals surface area contributed by atoms with Crippen molar-refractivity contribution in [1.29, 1.82) is 0 Å². The number of amides is 1. The second kappa shape index (κ2) is 6.71. The van der Waals surface area contributed by atoms with E-state index in [2.05, 4.69) is 25.5 Å². The Labute approximate surface area is 141 Å². The molecule has 0 bridgehead atoms. The predicted octanol–water partition coefficient (Wildman–Crippen LogP) is 0.327. The van der Waals surface area contributed by atoms with Crippen LogP contribution in [0.2, 0.25) is 0 Å². The summed E-state index contributed by atoms with van der Waals surface area (Å²) in [6.45, 7) is 4.19. The minimum Gasteiger partial charge on any atom is -0.349 e. The van der Waals surface area contributed by atoms with Crippen molar-refractivity contribution in [2.45, 2.75) is 20.4 Å². The van der Waals surface area contributed by atoms with Crippen molar-refractivity contribution >= 4 is 17.2 Å². The van der Waals surface area contributed by atoms with Crippen molar-refractivity contribution in [3.05, 3.63) is 50.7 Å². The number of hydrogen-bond acceptors (Lipinski definition) is 7. The maximum atomic E-state index is 12.1. The summed E-state index contributed by atoms with van der Waals surface area (Å²) in [6, 6.07) is 2.97. The molecule has 124 valence electrons. The van der Waals surface area contributed by atoms with E-state index in [1.54, 1.807) is 13.0 Å². The molecular formula is C14H15N7O2S. The first-order valence-electron chi connectivity index (χ1n) is 7.20. The number of nitrogens with zero attached hydrogens (tertiary/aromatic N) is 6. The van der Waals surface area contributed by atoms with Gasteiger partial charge in [0.15, 0.2) is 5.82 Å². The highest BCUT2D eigenvalue weighted by atomic mass is 32.1. The summed E-state index contributed by atoms with van der Waals surface area (Å²) in [6.07, 6.45) is 2.88. The molecule has 9 nitrogen and oxygen atoms in total. The van der Waals surface area contributed by atoms with Gasteiger partial charge in [0.25, 0.3) is 11.5 Å². The predicted molar refractivity (Wildman–Crippen MR) is 87.3 cm³/mol. The van der Waals surface area contributed by atoms with Gasteiger partial charge in [-0.25, -0.2) is 19.3 Å². The highest BCUT2D eigenvalue weighted by Gasteiger charge is 2.13. The molecule has 3 rings (SSSR count). The Bertz CT molecular complexity index is 914. The quantitative estimate of drug-likeness (QED) is 0.714. The molecule has 1 amide bonds. The van der Waals surface area contributed by atoms with Gasteiger partial charge in [0, 0.05) is 12.6 Å². The third-order valence-electron chi connectivity index (χ3n) is 3.22. The van der Waals surface area contributed by atoms with Crippen molar-refractivity contribution in [1.82, 2.24) is 34.8 Å². The molecule has 0 aromatic carbocycles. The first-order valence-corrected chi connectivity index (χ1v) is 8.01. The van der Waals surface area contributed by atoms with E-state index in [9.17, 15) is 9.59 Å². The van der Waals surface area contributed by atoms with Crippen LogP contribution in [0.3, 0.4) is 0 Å². The van der Waals surface area contributed by atoms with Crippen molar-refractivity contribution in [2.24, 2.45) is 0 Å². The molecule has 1 N–H and O–H groups in total. The Morgan fingerprint density at radius 1 is 1.33 bits per heavy atom. The zero-order chi connectivity index (χ0) is 17.1. The zero-order valence-corrected chi connectivity index (χ0v) is 13.9. The van der Waals surface area contributed by atoms with Crippen LogP contribution < -0.4 is 10.9 Å². The lowest BCUT2D eigenvalue weighted by atomic mass is 10.3. The summed E-state index contributed by atoms with van der Waals surface area (Å²) in [7, 11) is 0. The molecule has 0 unspecified atom stereocenters. The van der Waals surface area contributed by atoms with Crippen LogP contribution >= 0.6 is 11.3 Å². The summed E-state index contributed by atoms with van der Waals surface area (Å²) in [4.78, 5) is 32.7. The second-order valence-electron chi connectivity index (χ2n) is 5.00. The Hall–Kier alpha value is -2.88. The van der Waals surface area contributed by atoms with Gasteiger partial charge in [-0.2, -0.15) is 5.10 Å². The molecule has 0 aliphatic heterocycles. The zero-order valence-electron chi connectivity index (χ0n) is 13.1. The summed E-state index contributed by atoms with van der Waals surface area (Å²) >= 11 is 1.35. The van der Waals surface area contributed by atoms with E-state index < -0.39 is 0 Å². The molecule has 0 saturated heterocycles. The fourth-order valence-electron chi connectivity index (χ4n) is 2.14. The number of hydrogen-bond donors (Lipinski definition) is 1. The number of aromatic nitrogens is 6. The van der Waals surface area contributed by atoms with Crippen LogP contribution in [0.15, 0.2) is 29.6 Å². The molecule has 0 saturated carbocycles. The molecule has 0 radical (unpaired) electrons. The van der Waals surface area contributed by atoms with Gasteiger partial charge >= 0.3 is 0 Å². The van der Waals surface area contributed by atoms with Crippen LogP contribution in [0.4, 0.5) is 0 Å². The number of aryl methyl sites for hydroxylation is 2. The van der Waals surface area contributed by atoms with E-state index in [1.807, 2.05) is 6.92 Å². The first-order chi connectivity index (χ1) is 11.5. The Morgan fingerprint density at radius 2 is 2.17 bits per heavy atom. The van der Waals surface area contributed by atoms with Crippen molar-refractivity contribution in [2.75, 3.05) is 6.54 Å². The smallest absolute Gasteiger partial charge is 0.266 e. The highest BCUT2D eigenvalue weighted by molar-refractivity contribution is 7.13. The normalized spacial score (nSPS) is 10.8. The van der Waals surface area contributed by atoms with Gasteiger partial charge in [-0.05, 0) is 19.9 Å². The first kappa shape index (κ1) is 16.0. The molecule has 3 aromatic rings. The summed E-state index contributed by atoms with van der Waals surface area (Å²) in [5.74, 6) is 0.283. The lowest BCUT2D eigenvalue weighted by molar-refractivity contribution is 0.0955. The van der Waals surface area contributed by atoms with Gasteiger partial charge in [-0.3, -0.25) is 9.59 Å². The summed E-state index contributed by atoms with van der Waals surface area (Å²) in [5.41, 5.74) is 0.455. The fraction of sp³-hybridized carbons (Fsp3) is 0.286. The number of carbonyl (C=O) groups is 1. The van der Waals surface area contributed by atoms with Crippen LogP contribution in [-0.4, -0.2) is 42.0 Å². The van der Waals surface area contributed by atoms with Gasteiger partial charge in [0.05, 0.1) is 17.2 Å². The van der Waals surface area contributed by atoms with E-state index in [0.717, 1.165) is 5.01 Å². The van der Waals surface area contributed by atoms with Gasteiger partial charge in [0.2, 0.25) is 0 Å². The molecular weight excluding hydrogens is 330 g/mol. The van der Waals surface area contributed by atoms with Crippen LogP contribution in [0, 0.1) is 13.8 Å². The Morgan fingerprint density at radius 3 is 2.83 bits per heavy atom. The molecule has 0 fully saturated rings. The lowest BCUT2D eigenvalue weighted by Gasteiger charge is -2.07. The number of nitrogens with one attached hydrogen (secondary N) is 1. The maximum Gasteiger partial charge on any atom is 0.266 e. The SMILES string of the molecule is Cc1nc(C)c(C(=O)NCCn2nc(-n3cncn3)ccc2=O)s1. The minimum absolute atomic E-state index is 0.196. The molecule has 24 heavy (non-hydrogen) atoms. The standard InChI is InChI=1S/C14H15N7O2S/c1-9-13(24-10(2)18-9)14(23)16-5-6-20-12(22)4-3-11(19-20)21-8-15-7-17-21/h3-4,7-8H,5-6H2,1-2H3,(H,16,23). The number of carbonyl (C=O) groups excluding carboxylic acids is 1. The van der Waals surface area contributed by atoms with Crippen LogP contribution in [0.25, 0.3) is 5.82 Å². The fourth-order valence-corrected chi connectivity index (χ4v) is 2.98. The third-order valence-corrected chi connectivity index (χ3v) is 4.30. The average molecular weight is 345 g/mol. The van der Waals surface area contributed by atoms with E-state index in [4.69, 9.17) is 0 Å². The molecule has 3 heterocycles. The molecule has 0 spiro atoms. The van der Waals surface area contributed by atoms with Crippen LogP contribution in [0.5, 0.6) is 0 Å². The monoisotopic (exact) mass is 345 g/mol. The van der Waals surface area contributed by atoms with Gasteiger partial charge < -0.3 is 5.32 Å². The third kappa shape index (κ3) is 3.38. The highest BCUT2D eigenvalue weighted by Crippen LogP contribution is 2.16. The van der Waals surface area contributed by atoms with Gasteiger partial charge in [-0.1, -0.05) is 0 Å². The van der Waals surface area contributed by atoms with Crippen molar-refractivity contribution in [3.63, 3.8) is 0 Å². The number of thiazole rings is 1. The van der Waals surface area contributed by atoms with E-state index in [1.165, 1.54) is 39.4 Å². The minimum atomic E-state index is -0.252. The van der Waals surface area contributed by atoms with Gasteiger partial charge in [0.1, 0.15) is 17.5 Å².